The maximum absolute atomic E-state index is 11.3. The molecule has 0 unspecified atom stereocenters. The van der Waals surface area contributed by atoms with Gasteiger partial charge in [0.1, 0.15) is 6.61 Å². The Morgan fingerprint density at radius 3 is 2.62 bits per heavy atom. The van der Waals surface area contributed by atoms with Crippen LogP contribution in [0.3, 0.4) is 0 Å². The summed E-state index contributed by atoms with van der Waals surface area (Å²) in [6.07, 6.45) is 0. The zero-order chi connectivity index (χ0) is 9.84. The van der Waals surface area contributed by atoms with Crippen LogP contribution in [0.5, 0.6) is 0 Å². The minimum atomic E-state index is -0.292. The van der Waals surface area contributed by atoms with E-state index in [1.807, 2.05) is 26.0 Å². The van der Waals surface area contributed by atoms with Crippen LogP contribution < -0.4 is 0 Å². The van der Waals surface area contributed by atoms with Crippen LogP contribution in [-0.2, 0) is 4.74 Å². The predicted octanol–water partition coefficient (Wildman–Crippen LogP) is 2.64. The van der Waals surface area contributed by atoms with Crippen molar-refractivity contribution in [3.63, 3.8) is 0 Å². The number of aryl methyl sites for hydroxylation is 2. The van der Waals surface area contributed by atoms with Gasteiger partial charge in [0.2, 0.25) is 0 Å². The second-order valence-electron chi connectivity index (χ2n) is 2.96. The van der Waals surface area contributed by atoms with Gasteiger partial charge in [0.05, 0.1) is 5.56 Å². The van der Waals surface area contributed by atoms with Crippen molar-refractivity contribution in [2.45, 2.75) is 20.8 Å². The van der Waals surface area contributed by atoms with E-state index in [4.69, 9.17) is 4.74 Å². The van der Waals surface area contributed by atoms with Crippen molar-refractivity contribution in [1.82, 2.24) is 0 Å². The van der Waals surface area contributed by atoms with E-state index in [1.54, 1.807) is 13.0 Å². The van der Waals surface area contributed by atoms with Gasteiger partial charge in [0, 0.05) is 0 Å². The number of esters is 1. The molecule has 0 aliphatic rings. The van der Waals surface area contributed by atoms with Crippen LogP contribution in [0.25, 0.3) is 0 Å². The maximum Gasteiger partial charge on any atom is 0.338 e. The van der Waals surface area contributed by atoms with Crippen LogP contribution in [-0.4, -0.2) is 5.97 Å². The Morgan fingerprint density at radius 2 is 2.08 bits per heavy atom. The molecule has 0 saturated carbocycles. The second kappa shape index (κ2) is 4.08. The van der Waals surface area contributed by atoms with Gasteiger partial charge < -0.3 is 4.74 Å². The number of benzene rings is 1. The van der Waals surface area contributed by atoms with Gasteiger partial charge in [-0.05, 0) is 32.4 Å². The second-order valence-corrected chi connectivity index (χ2v) is 2.96. The van der Waals surface area contributed by atoms with Crippen LogP contribution in [0, 0.1) is 20.5 Å². The molecule has 0 N–H and O–H groups in total. The first-order chi connectivity index (χ1) is 6.15. The summed E-state index contributed by atoms with van der Waals surface area (Å²) in [4.78, 5) is 11.3. The number of ether oxygens (including phenoxy) is 1. The molecule has 1 radical (unpaired) electrons. The van der Waals surface area contributed by atoms with Gasteiger partial charge in [-0.1, -0.05) is 17.7 Å². The molecule has 0 amide bonds. The fraction of sp³-hybridized carbons (Fsp3) is 0.273. The third-order valence-corrected chi connectivity index (χ3v) is 1.83. The summed E-state index contributed by atoms with van der Waals surface area (Å²) < 4.78 is 4.78. The topological polar surface area (TPSA) is 26.3 Å². The van der Waals surface area contributed by atoms with Crippen molar-refractivity contribution in [1.29, 1.82) is 0 Å². The van der Waals surface area contributed by atoms with Gasteiger partial charge in [0.25, 0.3) is 0 Å². The van der Waals surface area contributed by atoms with Crippen molar-refractivity contribution >= 4 is 5.97 Å². The van der Waals surface area contributed by atoms with Crippen LogP contribution in [0.2, 0.25) is 0 Å². The molecule has 1 aromatic carbocycles. The lowest BCUT2D eigenvalue weighted by molar-refractivity contribution is 0.0611. The minimum Gasteiger partial charge on any atom is -0.455 e. The summed E-state index contributed by atoms with van der Waals surface area (Å²) in [7, 11) is 0. The highest BCUT2D eigenvalue weighted by Gasteiger charge is 2.08. The van der Waals surface area contributed by atoms with Crippen LogP contribution in [0.15, 0.2) is 18.2 Å². The first-order valence-electron chi connectivity index (χ1n) is 4.21. The number of hydrogen-bond donors (Lipinski definition) is 0. The van der Waals surface area contributed by atoms with E-state index in [1.165, 1.54) is 6.61 Å². The molecule has 0 bridgehead atoms. The standard InChI is InChI=1S/C11H13O2/c1-4-13-11(12)10-6-5-8(2)7-9(10)3/h4-7H,1-3H3. The highest BCUT2D eigenvalue weighted by molar-refractivity contribution is 5.91. The molecule has 0 aliphatic heterocycles. The molecule has 0 spiro atoms. The van der Waals surface area contributed by atoms with Crippen LogP contribution in [0.4, 0.5) is 0 Å². The zero-order valence-corrected chi connectivity index (χ0v) is 8.13. The van der Waals surface area contributed by atoms with Crippen molar-refractivity contribution in [2.75, 3.05) is 0 Å². The van der Waals surface area contributed by atoms with Crippen LogP contribution in [0.1, 0.15) is 28.4 Å². The SMILES string of the molecule is C[CH]OC(=O)c1ccc(C)cc1C. The van der Waals surface area contributed by atoms with E-state index in [2.05, 4.69) is 0 Å². The molecular weight excluding hydrogens is 164 g/mol. The number of hydrogen-bond acceptors (Lipinski definition) is 2. The van der Waals surface area contributed by atoms with E-state index >= 15 is 0 Å². The highest BCUT2D eigenvalue weighted by atomic mass is 16.5. The molecule has 1 aromatic rings. The summed E-state index contributed by atoms with van der Waals surface area (Å²) in [5.41, 5.74) is 2.73. The summed E-state index contributed by atoms with van der Waals surface area (Å²) in [6.45, 7) is 6.97. The first kappa shape index (κ1) is 9.78. The van der Waals surface area contributed by atoms with E-state index in [0.717, 1.165) is 11.1 Å². The molecular formula is C11H13O2. The molecule has 13 heavy (non-hydrogen) atoms. The monoisotopic (exact) mass is 177 g/mol. The highest BCUT2D eigenvalue weighted by Crippen LogP contribution is 2.11. The number of carbonyl (C=O) groups is 1. The lowest BCUT2D eigenvalue weighted by Gasteiger charge is -2.04. The average Bonchev–Trinajstić information content (AvgIpc) is 2.04. The third kappa shape index (κ3) is 2.31. The van der Waals surface area contributed by atoms with E-state index in [0.29, 0.717) is 5.56 Å². The van der Waals surface area contributed by atoms with Gasteiger partial charge in [-0.3, -0.25) is 0 Å². The number of carbonyl (C=O) groups excluding carboxylic acids is 1. The molecule has 0 atom stereocenters. The largest absolute Gasteiger partial charge is 0.455 e. The van der Waals surface area contributed by atoms with Gasteiger partial charge in [-0.2, -0.15) is 0 Å². The third-order valence-electron chi connectivity index (χ3n) is 1.83. The van der Waals surface area contributed by atoms with Crippen LogP contribution >= 0.6 is 0 Å². The van der Waals surface area contributed by atoms with Crippen molar-refractivity contribution in [2.24, 2.45) is 0 Å². The van der Waals surface area contributed by atoms with E-state index in [-0.39, 0.29) is 5.97 Å². The fourth-order valence-electron chi connectivity index (χ4n) is 1.21. The number of rotatable bonds is 2. The van der Waals surface area contributed by atoms with Gasteiger partial charge in [-0.25, -0.2) is 4.79 Å². The Labute approximate surface area is 78.5 Å². The molecule has 0 aliphatic carbocycles. The van der Waals surface area contributed by atoms with E-state index < -0.39 is 0 Å². The first-order valence-corrected chi connectivity index (χ1v) is 4.21. The lowest BCUT2D eigenvalue weighted by atomic mass is 10.1. The molecule has 1 rings (SSSR count). The van der Waals surface area contributed by atoms with Crippen molar-refractivity contribution < 1.29 is 9.53 Å². The Kier molecular flexibility index (Phi) is 3.07. The lowest BCUT2D eigenvalue weighted by Crippen LogP contribution is -2.04. The molecule has 2 heteroatoms. The normalized spacial score (nSPS) is 9.77. The molecule has 0 heterocycles. The summed E-state index contributed by atoms with van der Waals surface area (Å²) >= 11 is 0. The quantitative estimate of drug-likeness (QED) is 0.649. The minimum absolute atomic E-state index is 0.292. The Hall–Kier alpha value is -1.31. The smallest absolute Gasteiger partial charge is 0.338 e. The van der Waals surface area contributed by atoms with Crippen molar-refractivity contribution in [3.8, 4) is 0 Å². The Balaban J connectivity index is 2.95. The molecule has 0 saturated heterocycles. The Bertz CT molecular complexity index is 316. The van der Waals surface area contributed by atoms with Gasteiger partial charge in [-0.15, -0.1) is 0 Å². The zero-order valence-electron chi connectivity index (χ0n) is 8.13. The predicted molar refractivity (Wildman–Crippen MR) is 51.3 cm³/mol. The summed E-state index contributed by atoms with van der Waals surface area (Å²) in [5, 5.41) is 0. The molecule has 69 valence electrons. The maximum atomic E-state index is 11.3. The Morgan fingerprint density at radius 1 is 1.38 bits per heavy atom. The van der Waals surface area contributed by atoms with Gasteiger partial charge >= 0.3 is 5.97 Å². The molecule has 0 fully saturated rings. The van der Waals surface area contributed by atoms with Gasteiger partial charge in [0.15, 0.2) is 0 Å². The van der Waals surface area contributed by atoms with Crippen molar-refractivity contribution in [3.05, 3.63) is 41.5 Å². The molecule has 2 nitrogen and oxygen atoms in total. The summed E-state index contributed by atoms with van der Waals surface area (Å²) in [6, 6.07) is 5.65. The summed E-state index contributed by atoms with van der Waals surface area (Å²) in [5.74, 6) is -0.292. The average molecular weight is 177 g/mol. The fourth-order valence-corrected chi connectivity index (χ4v) is 1.21. The molecule has 0 aromatic heterocycles. The van der Waals surface area contributed by atoms with E-state index in [9.17, 15) is 4.79 Å².